The number of allylic oxidation sites excluding steroid dienone is 5. The Labute approximate surface area is 158 Å². The van der Waals surface area contributed by atoms with E-state index in [-0.39, 0.29) is 5.91 Å². The lowest BCUT2D eigenvalue weighted by Crippen LogP contribution is -2.30. The second-order valence-electron chi connectivity index (χ2n) is 6.95. The molecule has 3 nitrogen and oxygen atoms in total. The van der Waals surface area contributed by atoms with Crippen LogP contribution in [0.25, 0.3) is 5.57 Å². The summed E-state index contributed by atoms with van der Waals surface area (Å²) in [6, 6.07) is 6.56. The first kappa shape index (κ1) is 21.9. The number of amides is 1. The summed E-state index contributed by atoms with van der Waals surface area (Å²) in [7, 11) is 0. The zero-order valence-electron chi connectivity index (χ0n) is 16.6. The van der Waals surface area contributed by atoms with Crippen LogP contribution in [0.1, 0.15) is 56.7 Å². The number of hydrogen-bond acceptors (Lipinski definition) is 2. The summed E-state index contributed by atoms with van der Waals surface area (Å²) in [5.74, 6) is -0.104. The maximum atomic E-state index is 10.8. The summed E-state index contributed by atoms with van der Waals surface area (Å²) in [6.07, 6.45) is 9.27. The third-order valence-electron chi connectivity index (χ3n) is 4.29. The van der Waals surface area contributed by atoms with Gasteiger partial charge in [-0.3, -0.25) is 4.79 Å². The van der Waals surface area contributed by atoms with E-state index in [1.807, 2.05) is 6.08 Å². The zero-order valence-corrected chi connectivity index (χ0v) is 16.6. The van der Waals surface area contributed by atoms with Crippen LogP contribution in [-0.2, 0) is 11.2 Å². The van der Waals surface area contributed by atoms with Crippen LogP contribution in [0.15, 0.2) is 48.6 Å². The van der Waals surface area contributed by atoms with Crippen LogP contribution in [0.5, 0.6) is 0 Å². The van der Waals surface area contributed by atoms with E-state index in [4.69, 9.17) is 0 Å². The van der Waals surface area contributed by atoms with Crippen LogP contribution in [0.3, 0.4) is 0 Å². The van der Waals surface area contributed by atoms with E-state index in [9.17, 15) is 9.90 Å². The number of aryl methyl sites for hydroxylation is 1. The van der Waals surface area contributed by atoms with Crippen molar-refractivity contribution < 1.29 is 9.90 Å². The highest BCUT2D eigenvalue weighted by atomic mass is 16.3. The number of unbranched alkanes of at least 4 members (excludes halogenated alkanes) is 1. The Morgan fingerprint density at radius 2 is 2.04 bits per heavy atom. The lowest BCUT2D eigenvalue weighted by Gasteiger charge is -2.11. The maximum Gasteiger partial charge on any atom is 0.216 e. The minimum Gasteiger partial charge on any atom is -0.391 e. The molecule has 0 heterocycles. The fourth-order valence-electron chi connectivity index (χ4n) is 2.96. The van der Waals surface area contributed by atoms with Gasteiger partial charge in [0, 0.05) is 13.5 Å². The molecule has 0 aromatic heterocycles. The van der Waals surface area contributed by atoms with Crippen molar-refractivity contribution in [3.05, 3.63) is 65.3 Å². The van der Waals surface area contributed by atoms with Crippen LogP contribution in [0.2, 0.25) is 0 Å². The minimum absolute atomic E-state index is 0.104. The van der Waals surface area contributed by atoms with Crippen molar-refractivity contribution in [1.82, 2.24) is 5.32 Å². The van der Waals surface area contributed by atoms with Gasteiger partial charge in [-0.2, -0.15) is 0 Å². The molecule has 1 aromatic rings. The fraction of sp³-hybridized carbons (Fsp3) is 0.435. The van der Waals surface area contributed by atoms with Crippen LogP contribution >= 0.6 is 0 Å². The Bertz CT molecular complexity index is 671. The molecule has 142 valence electrons. The van der Waals surface area contributed by atoms with Gasteiger partial charge < -0.3 is 10.4 Å². The van der Waals surface area contributed by atoms with E-state index in [1.54, 1.807) is 0 Å². The van der Waals surface area contributed by atoms with Gasteiger partial charge in [0.2, 0.25) is 5.91 Å². The summed E-state index contributed by atoms with van der Waals surface area (Å²) < 4.78 is 0. The molecule has 0 saturated heterocycles. The molecule has 0 aliphatic rings. The summed E-state index contributed by atoms with van der Waals surface area (Å²) in [4.78, 5) is 10.8. The third-order valence-corrected chi connectivity index (χ3v) is 4.29. The predicted molar refractivity (Wildman–Crippen MR) is 111 cm³/mol. The molecule has 0 aliphatic heterocycles. The molecule has 26 heavy (non-hydrogen) atoms. The van der Waals surface area contributed by atoms with Gasteiger partial charge >= 0.3 is 0 Å². The molecule has 0 saturated carbocycles. The van der Waals surface area contributed by atoms with E-state index < -0.39 is 6.10 Å². The molecule has 0 bridgehead atoms. The van der Waals surface area contributed by atoms with Crippen molar-refractivity contribution in [2.75, 3.05) is 6.54 Å². The van der Waals surface area contributed by atoms with Gasteiger partial charge in [-0.25, -0.2) is 0 Å². The molecule has 1 aromatic carbocycles. The minimum atomic E-state index is -0.473. The molecule has 3 heteroatoms. The van der Waals surface area contributed by atoms with E-state index in [2.05, 4.69) is 63.0 Å². The number of carbonyl (C=O) groups is 1. The van der Waals surface area contributed by atoms with E-state index in [0.717, 1.165) is 19.3 Å². The topological polar surface area (TPSA) is 49.3 Å². The lowest BCUT2D eigenvalue weighted by molar-refractivity contribution is -0.119. The number of benzene rings is 1. The van der Waals surface area contributed by atoms with Crippen molar-refractivity contribution in [1.29, 1.82) is 0 Å². The second-order valence-corrected chi connectivity index (χ2v) is 6.95. The lowest BCUT2D eigenvalue weighted by atomic mass is 9.95. The summed E-state index contributed by atoms with van der Waals surface area (Å²) in [6.45, 7) is 12.0. The number of hydrogen-bond donors (Lipinski definition) is 2. The Morgan fingerprint density at radius 1 is 1.31 bits per heavy atom. The smallest absolute Gasteiger partial charge is 0.216 e. The summed E-state index contributed by atoms with van der Waals surface area (Å²) in [5, 5.41) is 12.4. The van der Waals surface area contributed by atoms with Gasteiger partial charge in [0.1, 0.15) is 0 Å². The highest BCUT2D eigenvalue weighted by Gasteiger charge is 2.05. The largest absolute Gasteiger partial charge is 0.391 e. The molecule has 2 N–H and O–H groups in total. The van der Waals surface area contributed by atoms with Gasteiger partial charge in [0.05, 0.1) is 6.10 Å². The van der Waals surface area contributed by atoms with Gasteiger partial charge in [0.25, 0.3) is 0 Å². The standard InChI is InChI=1S/C23H33NO2/c1-6-9-21-15-18(3)12-13-23(21)19(4)14-17(2)10-7-8-11-22(26)16-24-20(5)25/h6,10,12-15,22,26H,1,7-9,11,16H2,2-5H3,(H,24,25)/t22-/m0/s1. The number of nitrogens with one attached hydrogen (secondary N) is 1. The molecule has 1 amide bonds. The monoisotopic (exact) mass is 355 g/mol. The number of aliphatic hydroxyl groups excluding tert-OH is 1. The Balaban J connectivity index is 2.61. The van der Waals surface area contributed by atoms with Gasteiger partial charge in [-0.05, 0) is 63.2 Å². The normalized spacial score (nSPS) is 13.4. The third kappa shape index (κ3) is 8.30. The summed E-state index contributed by atoms with van der Waals surface area (Å²) in [5.41, 5.74) is 6.32. The van der Waals surface area contributed by atoms with Crippen molar-refractivity contribution in [2.24, 2.45) is 0 Å². The predicted octanol–water partition coefficient (Wildman–Crippen LogP) is 4.74. The SMILES string of the molecule is C=CCc1cc(C)ccc1C(C)=CC(C)=CCCC[C@H](O)CNC(C)=O. The molecule has 0 unspecified atom stereocenters. The van der Waals surface area contributed by atoms with Gasteiger partial charge in [0.15, 0.2) is 0 Å². The molecule has 0 radical (unpaired) electrons. The van der Waals surface area contributed by atoms with Crippen LogP contribution in [-0.4, -0.2) is 23.7 Å². The zero-order chi connectivity index (χ0) is 19.5. The Kier molecular flexibility index (Phi) is 9.67. The highest BCUT2D eigenvalue weighted by Crippen LogP contribution is 2.23. The van der Waals surface area contributed by atoms with Gasteiger partial charge in [-0.15, -0.1) is 6.58 Å². The number of carbonyl (C=O) groups excluding carboxylic acids is 1. The van der Waals surface area contributed by atoms with Crippen molar-refractivity contribution in [2.45, 2.75) is 59.5 Å². The van der Waals surface area contributed by atoms with Crippen molar-refractivity contribution in [3.63, 3.8) is 0 Å². The van der Waals surface area contributed by atoms with Crippen LogP contribution in [0, 0.1) is 6.92 Å². The molecule has 1 rings (SSSR count). The number of aliphatic hydroxyl groups is 1. The second kappa shape index (κ2) is 11.5. The quantitative estimate of drug-likeness (QED) is 0.362. The molecule has 0 spiro atoms. The van der Waals surface area contributed by atoms with E-state index in [0.29, 0.717) is 13.0 Å². The Morgan fingerprint density at radius 3 is 2.69 bits per heavy atom. The van der Waals surface area contributed by atoms with Gasteiger partial charge in [-0.1, -0.05) is 47.6 Å². The first-order valence-corrected chi connectivity index (χ1v) is 9.31. The Hall–Kier alpha value is -2.13. The summed E-state index contributed by atoms with van der Waals surface area (Å²) >= 11 is 0. The average molecular weight is 356 g/mol. The number of rotatable bonds is 10. The average Bonchev–Trinajstić information content (AvgIpc) is 2.57. The van der Waals surface area contributed by atoms with Crippen LogP contribution < -0.4 is 5.32 Å². The highest BCUT2D eigenvalue weighted by molar-refractivity contribution is 5.72. The first-order valence-electron chi connectivity index (χ1n) is 9.31. The van der Waals surface area contributed by atoms with E-state index in [1.165, 1.54) is 34.8 Å². The molecular formula is C23H33NO2. The van der Waals surface area contributed by atoms with Crippen LogP contribution in [0.4, 0.5) is 0 Å². The van der Waals surface area contributed by atoms with Crippen molar-refractivity contribution in [3.8, 4) is 0 Å². The molecular weight excluding hydrogens is 322 g/mol. The van der Waals surface area contributed by atoms with Crippen molar-refractivity contribution >= 4 is 11.5 Å². The molecule has 0 fully saturated rings. The molecule has 1 atom stereocenters. The maximum absolute atomic E-state index is 10.8. The first-order chi connectivity index (χ1) is 12.3. The fourth-order valence-corrected chi connectivity index (χ4v) is 2.96. The molecule has 0 aliphatic carbocycles. The van der Waals surface area contributed by atoms with E-state index >= 15 is 0 Å².